The summed E-state index contributed by atoms with van der Waals surface area (Å²) in [6, 6.07) is 17.6. The Hall–Kier alpha value is -2.31. The standard InChI is InChI=1S/C17H17NO2/c1-19-17-7-5-15(6-8-17)13-20-10-9-14-3-2-4-16(11-14)12-18/h2-8,11H,9-10,13H2,1H3. The molecule has 0 radical (unpaired) electrons. The van der Waals surface area contributed by atoms with E-state index in [1.807, 2.05) is 48.5 Å². The van der Waals surface area contributed by atoms with Gasteiger partial charge in [0.25, 0.3) is 0 Å². The molecular weight excluding hydrogens is 250 g/mol. The summed E-state index contributed by atoms with van der Waals surface area (Å²) in [5, 5.41) is 8.83. The maximum Gasteiger partial charge on any atom is 0.118 e. The average Bonchev–Trinajstić information content (AvgIpc) is 2.52. The third-order valence-electron chi connectivity index (χ3n) is 3.02. The summed E-state index contributed by atoms with van der Waals surface area (Å²) >= 11 is 0. The first-order valence-electron chi connectivity index (χ1n) is 6.51. The van der Waals surface area contributed by atoms with Crippen molar-refractivity contribution in [3.8, 4) is 11.8 Å². The maximum absolute atomic E-state index is 8.83. The zero-order valence-electron chi connectivity index (χ0n) is 11.5. The van der Waals surface area contributed by atoms with Gasteiger partial charge in [0.2, 0.25) is 0 Å². The van der Waals surface area contributed by atoms with Gasteiger partial charge in [-0.05, 0) is 41.8 Å². The van der Waals surface area contributed by atoms with Gasteiger partial charge in [0.15, 0.2) is 0 Å². The van der Waals surface area contributed by atoms with E-state index in [-0.39, 0.29) is 0 Å². The van der Waals surface area contributed by atoms with Crippen LogP contribution in [0, 0.1) is 11.3 Å². The SMILES string of the molecule is COc1ccc(COCCc2cccc(C#N)c2)cc1. The molecule has 0 aliphatic rings. The third-order valence-corrected chi connectivity index (χ3v) is 3.02. The molecule has 0 unspecified atom stereocenters. The third kappa shape index (κ3) is 4.11. The molecule has 102 valence electrons. The number of ether oxygens (including phenoxy) is 2. The van der Waals surface area contributed by atoms with Crippen LogP contribution >= 0.6 is 0 Å². The highest BCUT2D eigenvalue weighted by molar-refractivity contribution is 5.32. The second-order valence-electron chi connectivity index (χ2n) is 4.46. The van der Waals surface area contributed by atoms with Gasteiger partial charge in [0.05, 0.1) is 32.0 Å². The monoisotopic (exact) mass is 267 g/mol. The van der Waals surface area contributed by atoms with Crippen LogP contribution in [0.3, 0.4) is 0 Å². The van der Waals surface area contributed by atoms with Gasteiger partial charge in [-0.15, -0.1) is 0 Å². The molecule has 0 spiro atoms. The highest BCUT2D eigenvalue weighted by atomic mass is 16.5. The number of nitrogens with zero attached hydrogens (tertiary/aromatic N) is 1. The maximum atomic E-state index is 8.83. The average molecular weight is 267 g/mol. The molecule has 0 amide bonds. The van der Waals surface area contributed by atoms with Crippen molar-refractivity contribution in [1.29, 1.82) is 5.26 Å². The molecule has 0 N–H and O–H groups in total. The first kappa shape index (κ1) is 14.1. The second kappa shape index (κ2) is 7.32. The van der Waals surface area contributed by atoms with Crippen LogP contribution in [0.15, 0.2) is 48.5 Å². The van der Waals surface area contributed by atoms with E-state index in [0.717, 1.165) is 23.3 Å². The highest BCUT2D eigenvalue weighted by Gasteiger charge is 1.98. The van der Waals surface area contributed by atoms with Crippen LogP contribution in [0.5, 0.6) is 5.75 Å². The predicted molar refractivity (Wildman–Crippen MR) is 77.5 cm³/mol. The number of rotatable bonds is 6. The van der Waals surface area contributed by atoms with Gasteiger partial charge in [-0.1, -0.05) is 24.3 Å². The van der Waals surface area contributed by atoms with Gasteiger partial charge in [0, 0.05) is 0 Å². The van der Waals surface area contributed by atoms with Crippen molar-refractivity contribution in [2.45, 2.75) is 13.0 Å². The Balaban J connectivity index is 1.77. The smallest absolute Gasteiger partial charge is 0.118 e. The minimum absolute atomic E-state index is 0.585. The molecule has 20 heavy (non-hydrogen) atoms. The fourth-order valence-electron chi connectivity index (χ4n) is 1.90. The Bertz CT molecular complexity index is 585. The largest absolute Gasteiger partial charge is 0.497 e. The first-order chi connectivity index (χ1) is 9.81. The highest BCUT2D eigenvalue weighted by Crippen LogP contribution is 2.12. The molecule has 3 heteroatoms. The van der Waals surface area contributed by atoms with E-state index in [0.29, 0.717) is 18.8 Å². The van der Waals surface area contributed by atoms with Crippen molar-refractivity contribution in [3.05, 3.63) is 65.2 Å². The zero-order valence-corrected chi connectivity index (χ0v) is 11.5. The Labute approximate surface area is 119 Å². The molecule has 0 atom stereocenters. The molecule has 0 fully saturated rings. The van der Waals surface area contributed by atoms with Crippen LogP contribution in [0.25, 0.3) is 0 Å². The lowest BCUT2D eigenvalue weighted by Crippen LogP contribution is -1.99. The van der Waals surface area contributed by atoms with Crippen LogP contribution in [0.2, 0.25) is 0 Å². The zero-order chi connectivity index (χ0) is 14.2. The molecule has 0 bridgehead atoms. The molecule has 0 saturated carbocycles. The minimum Gasteiger partial charge on any atom is -0.497 e. The van der Waals surface area contributed by atoms with Gasteiger partial charge in [-0.25, -0.2) is 0 Å². The molecule has 0 saturated heterocycles. The molecule has 0 aliphatic carbocycles. The van der Waals surface area contributed by atoms with Crippen molar-refractivity contribution in [2.75, 3.05) is 13.7 Å². The number of benzene rings is 2. The molecule has 2 aromatic carbocycles. The summed E-state index contributed by atoms with van der Waals surface area (Å²) < 4.78 is 10.8. The quantitative estimate of drug-likeness (QED) is 0.754. The van der Waals surface area contributed by atoms with Gasteiger partial charge in [-0.2, -0.15) is 5.26 Å². The van der Waals surface area contributed by atoms with Crippen molar-refractivity contribution >= 4 is 0 Å². The van der Waals surface area contributed by atoms with Crippen LogP contribution in [0.1, 0.15) is 16.7 Å². The van der Waals surface area contributed by atoms with Crippen molar-refractivity contribution < 1.29 is 9.47 Å². The fraction of sp³-hybridized carbons (Fsp3) is 0.235. The summed E-state index contributed by atoms with van der Waals surface area (Å²) in [5.74, 6) is 0.849. The van der Waals surface area contributed by atoms with E-state index in [4.69, 9.17) is 14.7 Å². The molecule has 0 aromatic heterocycles. The van der Waals surface area contributed by atoms with Gasteiger partial charge >= 0.3 is 0 Å². The minimum atomic E-state index is 0.585. The van der Waals surface area contributed by atoms with Crippen LogP contribution in [0.4, 0.5) is 0 Å². The van der Waals surface area contributed by atoms with E-state index < -0.39 is 0 Å². The molecule has 0 heterocycles. The number of hydrogen-bond acceptors (Lipinski definition) is 3. The van der Waals surface area contributed by atoms with E-state index in [9.17, 15) is 0 Å². The van der Waals surface area contributed by atoms with Gasteiger partial charge in [-0.3, -0.25) is 0 Å². The van der Waals surface area contributed by atoms with E-state index >= 15 is 0 Å². The Morgan fingerprint density at radius 3 is 2.55 bits per heavy atom. The lowest BCUT2D eigenvalue weighted by Gasteiger charge is -2.06. The Morgan fingerprint density at radius 2 is 1.85 bits per heavy atom. The summed E-state index contributed by atoms with van der Waals surface area (Å²) in [5.41, 5.74) is 2.94. The lowest BCUT2D eigenvalue weighted by molar-refractivity contribution is 0.124. The van der Waals surface area contributed by atoms with Crippen molar-refractivity contribution in [1.82, 2.24) is 0 Å². The fourth-order valence-corrected chi connectivity index (χ4v) is 1.90. The van der Waals surface area contributed by atoms with E-state index in [2.05, 4.69) is 6.07 Å². The normalized spacial score (nSPS) is 10.0. The van der Waals surface area contributed by atoms with Crippen LogP contribution in [-0.2, 0) is 17.8 Å². The molecule has 0 aliphatic heterocycles. The summed E-state index contributed by atoms with van der Waals surface area (Å²) in [7, 11) is 1.65. The Kier molecular flexibility index (Phi) is 5.16. The van der Waals surface area contributed by atoms with E-state index in [1.165, 1.54) is 0 Å². The number of nitriles is 1. The van der Waals surface area contributed by atoms with Crippen molar-refractivity contribution in [3.63, 3.8) is 0 Å². The topological polar surface area (TPSA) is 42.2 Å². The van der Waals surface area contributed by atoms with Gasteiger partial charge < -0.3 is 9.47 Å². The summed E-state index contributed by atoms with van der Waals surface area (Å²) in [4.78, 5) is 0. The van der Waals surface area contributed by atoms with E-state index in [1.54, 1.807) is 7.11 Å². The molecule has 2 aromatic rings. The van der Waals surface area contributed by atoms with Gasteiger partial charge in [0.1, 0.15) is 5.75 Å². The summed E-state index contributed by atoms with van der Waals surface area (Å²) in [6.45, 7) is 1.23. The predicted octanol–water partition coefficient (Wildman–Crippen LogP) is 3.33. The molecule has 2 rings (SSSR count). The first-order valence-corrected chi connectivity index (χ1v) is 6.51. The van der Waals surface area contributed by atoms with Crippen molar-refractivity contribution in [2.24, 2.45) is 0 Å². The Morgan fingerprint density at radius 1 is 1.05 bits per heavy atom. The number of methoxy groups -OCH3 is 1. The number of hydrogen-bond donors (Lipinski definition) is 0. The van der Waals surface area contributed by atoms with Crippen LogP contribution < -0.4 is 4.74 Å². The lowest BCUT2D eigenvalue weighted by atomic mass is 10.1. The second-order valence-corrected chi connectivity index (χ2v) is 4.46. The van der Waals surface area contributed by atoms with Crippen LogP contribution in [-0.4, -0.2) is 13.7 Å². The molecular formula is C17H17NO2. The molecule has 3 nitrogen and oxygen atoms in total. The summed E-state index contributed by atoms with van der Waals surface area (Å²) in [6.07, 6.45) is 0.811.